The molecule has 0 radical (unpaired) electrons. The van der Waals surface area contributed by atoms with Crippen molar-refractivity contribution >= 4 is 28.4 Å². The second-order valence-corrected chi connectivity index (χ2v) is 8.46. The van der Waals surface area contributed by atoms with Crippen LogP contribution >= 0.6 is 0 Å². The van der Waals surface area contributed by atoms with Gasteiger partial charge in [0.05, 0.1) is 28.7 Å². The molecule has 0 saturated carbocycles. The topological polar surface area (TPSA) is 107 Å². The number of carbonyl (C=O) groups excluding carboxylic acids is 2. The predicted molar refractivity (Wildman–Crippen MR) is 132 cm³/mol. The van der Waals surface area contributed by atoms with Crippen molar-refractivity contribution in [2.45, 2.75) is 40.8 Å². The molecular formula is C25H29N7O2. The van der Waals surface area contributed by atoms with Crippen molar-refractivity contribution in [1.82, 2.24) is 29.9 Å². The van der Waals surface area contributed by atoms with Crippen molar-refractivity contribution in [1.29, 1.82) is 0 Å². The largest absolute Gasteiger partial charge is 0.350 e. The minimum absolute atomic E-state index is 0.193. The van der Waals surface area contributed by atoms with Crippen LogP contribution in [-0.2, 0) is 13.1 Å². The van der Waals surface area contributed by atoms with Crippen LogP contribution in [0.25, 0.3) is 22.2 Å². The van der Waals surface area contributed by atoms with E-state index in [0.29, 0.717) is 41.5 Å². The number of hydrogen-bond donors (Lipinski definition) is 2. The molecule has 0 fully saturated rings. The van der Waals surface area contributed by atoms with Crippen LogP contribution in [0, 0.1) is 5.92 Å². The Morgan fingerprint density at radius 2 is 1.79 bits per heavy atom. The molecule has 3 aromatic heterocycles. The fourth-order valence-corrected chi connectivity index (χ4v) is 3.59. The Bertz CT molecular complexity index is 1340. The van der Waals surface area contributed by atoms with Gasteiger partial charge in [0.15, 0.2) is 5.69 Å². The highest BCUT2D eigenvalue weighted by atomic mass is 16.2. The minimum Gasteiger partial charge on any atom is -0.350 e. The summed E-state index contributed by atoms with van der Waals surface area (Å²) in [6.07, 6.45) is 5.32. The van der Waals surface area contributed by atoms with Crippen LogP contribution in [0.3, 0.4) is 0 Å². The number of aromatic nitrogens is 5. The molecule has 0 aliphatic heterocycles. The van der Waals surface area contributed by atoms with Crippen molar-refractivity contribution in [3.63, 3.8) is 0 Å². The number of nitrogens with zero attached hydrogens (tertiary/aromatic N) is 5. The predicted octanol–water partition coefficient (Wildman–Crippen LogP) is 3.97. The van der Waals surface area contributed by atoms with Gasteiger partial charge in [0, 0.05) is 43.0 Å². The Labute approximate surface area is 198 Å². The molecule has 4 aromatic rings. The fraction of sp³-hybridized carbons (Fsp3) is 0.320. The van der Waals surface area contributed by atoms with E-state index in [1.54, 1.807) is 23.1 Å². The summed E-state index contributed by atoms with van der Waals surface area (Å²) < 4.78 is 3.45. The quantitative estimate of drug-likeness (QED) is 0.415. The van der Waals surface area contributed by atoms with Gasteiger partial charge in [0.2, 0.25) is 0 Å². The molecule has 0 bridgehead atoms. The van der Waals surface area contributed by atoms with Crippen LogP contribution in [0.2, 0.25) is 0 Å². The van der Waals surface area contributed by atoms with E-state index in [2.05, 4.69) is 20.8 Å². The number of benzene rings is 1. The highest BCUT2D eigenvalue weighted by molar-refractivity contribution is 6.14. The number of pyridine rings is 1. The van der Waals surface area contributed by atoms with Crippen LogP contribution in [0.1, 0.15) is 48.5 Å². The average Bonchev–Trinajstić information content (AvgIpc) is 3.49. The third-order valence-corrected chi connectivity index (χ3v) is 5.43. The van der Waals surface area contributed by atoms with E-state index < -0.39 is 0 Å². The highest BCUT2D eigenvalue weighted by Crippen LogP contribution is 2.26. The molecule has 2 amide bonds. The molecule has 0 aliphatic rings. The van der Waals surface area contributed by atoms with Gasteiger partial charge in [0.25, 0.3) is 11.8 Å². The third-order valence-electron chi connectivity index (χ3n) is 5.43. The number of aryl methyl sites for hydroxylation is 2. The van der Waals surface area contributed by atoms with Gasteiger partial charge >= 0.3 is 0 Å². The molecule has 0 aliphatic carbocycles. The molecule has 0 unspecified atom stereocenters. The van der Waals surface area contributed by atoms with Crippen LogP contribution in [-0.4, -0.2) is 42.9 Å². The number of para-hydroxylation sites is 1. The lowest BCUT2D eigenvalue weighted by Crippen LogP contribution is -2.28. The van der Waals surface area contributed by atoms with E-state index in [0.717, 1.165) is 17.5 Å². The summed E-state index contributed by atoms with van der Waals surface area (Å²) in [4.78, 5) is 31.0. The normalized spacial score (nSPS) is 11.2. The summed E-state index contributed by atoms with van der Waals surface area (Å²) in [6.45, 7) is 9.80. The Balaban J connectivity index is 1.71. The number of anilines is 1. The van der Waals surface area contributed by atoms with E-state index in [4.69, 9.17) is 4.98 Å². The summed E-state index contributed by atoms with van der Waals surface area (Å²) in [5.74, 6) is -0.353. The highest BCUT2D eigenvalue weighted by Gasteiger charge is 2.21. The van der Waals surface area contributed by atoms with Crippen LogP contribution in [0.4, 0.5) is 5.69 Å². The standard InChI is InChI=1S/C25H29N7O2/c1-5-31-14-17(13-27-31)21-11-19(18-9-7-8-10-20(18)28-21)24(33)29-22-15-32(6-2)30-23(22)25(34)26-12-16(3)4/h7-11,13-16H,5-6,12H2,1-4H3,(H,26,34)(H,29,33). The minimum atomic E-state index is -0.337. The maximum Gasteiger partial charge on any atom is 0.273 e. The van der Waals surface area contributed by atoms with E-state index >= 15 is 0 Å². The zero-order valence-corrected chi connectivity index (χ0v) is 19.9. The summed E-state index contributed by atoms with van der Waals surface area (Å²) in [6, 6.07) is 9.26. The molecule has 3 heterocycles. The van der Waals surface area contributed by atoms with Gasteiger partial charge in [-0.3, -0.25) is 19.0 Å². The molecule has 2 N–H and O–H groups in total. The molecule has 0 saturated heterocycles. The molecule has 0 spiro atoms. The van der Waals surface area contributed by atoms with Crippen molar-refractivity contribution in [2.24, 2.45) is 5.92 Å². The maximum atomic E-state index is 13.5. The van der Waals surface area contributed by atoms with Crippen LogP contribution < -0.4 is 10.6 Å². The van der Waals surface area contributed by atoms with E-state index in [-0.39, 0.29) is 17.5 Å². The lowest BCUT2D eigenvalue weighted by molar-refractivity contribution is 0.0944. The second-order valence-electron chi connectivity index (χ2n) is 8.46. The van der Waals surface area contributed by atoms with Crippen molar-refractivity contribution in [3.05, 3.63) is 60.2 Å². The summed E-state index contributed by atoms with van der Waals surface area (Å²) in [7, 11) is 0. The van der Waals surface area contributed by atoms with Gasteiger partial charge in [-0.25, -0.2) is 4.98 Å². The summed E-state index contributed by atoms with van der Waals surface area (Å²) in [5, 5.41) is 15.2. The Morgan fingerprint density at radius 3 is 2.50 bits per heavy atom. The van der Waals surface area contributed by atoms with Gasteiger partial charge in [-0.05, 0) is 31.9 Å². The molecule has 4 rings (SSSR count). The second kappa shape index (κ2) is 9.86. The Morgan fingerprint density at radius 1 is 1.03 bits per heavy atom. The van der Waals surface area contributed by atoms with Crippen LogP contribution in [0.5, 0.6) is 0 Å². The SMILES string of the molecule is CCn1cc(-c2cc(C(=O)Nc3cn(CC)nc3C(=O)NCC(C)C)c3ccccc3n2)cn1. The van der Waals surface area contributed by atoms with Gasteiger partial charge in [-0.15, -0.1) is 0 Å². The van der Waals surface area contributed by atoms with Gasteiger partial charge < -0.3 is 10.6 Å². The fourth-order valence-electron chi connectivity index (χ4n) is 3.59. The lowest BCUT2D eigenvalue weighted by Gasteiger charge is -2.10. The maximum absolute atomic E-state index is 13.5. The Hall–Kier alpha value is -4.01. The molecule has 9 nitrogen and oxygen atoms in total. The number of nitrogens with one attached hydrogen (secondary N) is 2. The van der Waals surface area contributed by atoms with Crippen molar-refractivity contribution < 1.29 is 9.59 Å². The third kappa shape index (κ3) is 4.83. The summed E-state index contributed by atoms with van der Waals surface area (Å²) in [5.41, 5.74) is 3.21. The van der Waals surface area contributed by atoms with Crippen molar-refractivity contribution in [2.75, 3.05) is 11.9 Å². The monoisotopic (exact) mass is 459 g/mol. The molecule has 0 atom stereocenters. The zero-order valence-electron chi connectivity index (χ0n) is 19.9. The first-order valence-electron chi connectivity index (χ1n) is 11.5. The van der Waals surface area contributed by atoms with E-state index in [1.165, 1.54) is 0 Å². The number of rotatable bonds is 8. The molecule has 176 valence electrons. The van der Waals surface area contributed by atoms with Gasteiger partial charge in [0.1, 0.15) is 0 Å². The zero-order chi connectivity index (χ0) is 24.2. The Kier molecular flexibility index (Phi) is 6.72. The number of hydrogen-bond acceptors (Lipinski definition) is 5. The number of carbonyl (C=O) groups is 2. The molecule has 9 heteroatoms. The van der Waals surface area contributed by atoms with Crippen molar-refractivity contribution in [3.8, 4) is 11.3 Å². The van der Waals surface area contributed by atoms with Gasteiger partial charge in [-0.1, -0.05) is 32.0 Å². The first-order chi connectivity index (χ1) is 16.4. The number of amides is 2. The first-order valence-corrected chi connectivity index (χ1v) is 11.5. The number of fused-ring (bicyclic) bond motifs is 1. The average molecular weight is 460 g/mol. The summed E-state index contributed by atoms with van der Waals surface area (Å²) >= 11 is 0. The first kappa shape index (κ1) is 23.2. The van der Waals surface area contributed by atoms with E-state index in [1.807, 2.05) is 62.8 Å². The lowest BCUT2D eigenvalue weighted by atomic mass is 10.0. The molecular weight excluding hydrogens is 430 g/mol. The van der Waals surface area contributed by atoms with Gasteiger partial charge in [-0.2, -0.15) is 10.2 Å². The molecule has 1 aromatic carbocycles. The van der Waals surface area contributed by atoms with E-state index in [9.17, 15) is 9.59 Å². The van der Waals surface area contributed by atoms with Crippen LogP contribution in [0.15, 0.2) is 48.9 Å². The molecule has 34 heavy (non-hydrogen) atoms. The smallest absolute Gasteiger partial charge is 0.273 e.